The lowest BCUT2D eigenvalue weighted by molar-refractivity contribution is -0.118. The molecule has 3 aromatic carbocycles. The normalized spacial score (nSPS) is 10.4. The number of para-hydroxylation sites is 1. The number of hydrogen-bond donors (Lipinski definition) is 2. The van der Waals surface area contributed by atoms with Crippen LogP contribution >= 0.6 is 23.1 Å². The van der Waals surface area contributed by atoms with Gasteiger partial charge in [0, 0.05) is 22.2 Å². The summed E-state index contributed by atoms with van der Waals surface area (Å²) < 4.78 is 11.5. The van der Waals surface area contributed by atoms with Gasteiger partial charge in [-0.05, 0) is 48.5 Å². The molecule has 1 aromatic heterocycles. The summed E-state index contributed by atoms with van der Waals surface area (Å²) in [7, 11) is 1.56. The molecule has 10 heteroatoms. The highest BCUT2D eigenvalue weighted by molar-refractivity contribution is 8.01. The van der Waals surface area contributed by atoms with Gasteiger partial charge >= 0.3 is 0 Å². The van der Waals surface area contributed by atoms with Crippen LogP contribution in [-0.2, 0) is 4.79 Å². The summed E-state index contributed by atoms with van der Waals surface area (Å²) in [6.07, 6.45) is 0. The first-order chi connectivity index (χ1) is 16.6. The summed E-state index contributed by atoms with van der Waals surface area (Å²) in [6, 6.07) is 21.1. The molecule has 8 nitrogen and oxygen atoms in total. The molecule has 4 aromatic rings. The number of benzene rings is 3. The van der Waals surface area contributed by atoms with Crippen LogP contribution < -0.4 is 20.1 Å². The van der Waals surface area contributed by atoms with Crippen LogP contribution in [0.25, 0.3) is 0 Å². The lowest BCUT2D eigenvalue weighted by Crippen LogP contribution is -2.20. The third kappa shape index (κ3) is 6.33. The van der Waals surface area contributed by atoms with Gasteiger partial charge in [0.2, 0.25) is 0 Å². The van der Waals surface area contributed by atoms with Gasteiger partial charge in [0.25, 0.3) is 11.8 Å². The van der Waals surface area contributed by atoms with E-state index in [9.17, 15) is 9.59 Å². The first-order valence-corrected chi connectivity index (χ1v) is 11.8. The van der Waals surface area contributed by atoms with Crippen molar-refractivity contribution in [2.75, 3.05) is 24.4 Å². The van der Waals surface area contributed by atoms with Crippen molar-refractivity contribution in [1.82, 2.24) is 10.2 Å². The molecule has 0 spiro atoms. The van der Waals surface area contributed by atoms with Crippen molar-refractivity contribution in [1.29, 1.82) is 0 Å². The van der Waals surface area contributed by atoms with Crippen LogP contribution in [0.4, 0.5) is 11.4 Å². The van der Waals surface area contributed by atoms with Gasteiger partial charge in [-0.25, -0.2) is 0 Å². The molecule has 172 valence electrons. The van der Waals surface area contributed by atoms with E-state index < -0.39 is 0 Å². The zero-order valence-corrected chi connectivity index (χ0v) is 19.7. The van der Waals surface area contributed by atoms with Crippen molar-refractivity contribution in [3.63, 3.8) is 0 Å². The maximum atomic E-state index is 12.7. The lowest BCUT2D eigenvalue weighted by Gasteiger charge is -2.11. The number of rotatable bonds is 9. The maximum absolute atomic E-state index is 12.7. The van der Waals surface area contributed by atoms with Gasteiger partial charge in [-0.1, -0.05) is 41.3 Å². The smallest absolute Gasteiger partial charge is 0.262 e. The van der Waals surface area contributed by atoms with Crippen LogP contribution in [0.15, 0.2) is 87.5 Å². The molecule has 0 fully saturated rings. The Morgan fingerprint density at radius 1 is 0.971 bits per heavy atom. The average Bonchev–Trinajstić information content (AvgIpc) is 3.37. The van der Waals surface area contributed by atoms with Crippen molar-refractivity contribution in [2.45, 2.75) is 9.24 Å². The molecule has 2 N–H and O–H groups in total. The van der Waals surface area contributed by atoms with E-state index in [0.717, 1.165) is 9.24 Å². The number of anilines is 2. The van der Waals surface area contributed by atoms with E-state index in [2.05, 4.69) is 20.8 Å². The summed E-state index contributed by atoms with van der Waals surface area (Å²) in [6.45, 7) is -0.168. The van der Waals surface area contributed by atoms with Crippen LogP contribution in [0.1, 0.15) is 10.4 Å². The van der Waals surface area contributed by atoms with Crippen LogP contribution in [0.5, 0.6) is 11.5 Å². The van der Waals surface area contributed by atoms with Crippen LogP contribution in [-0.4, -0.2) is 35.7 Å². The molecule has 0 aliphatic rings. The molecule has 0 saturated carbocycles. The van der Waals surface area contributed by atoms with E-state index in [-0.39, 0.29) is 18.4 Å². The molecule has 34 heavy (non-hydrogen) atoms. The van der Waals surface area contributed by atoms with Crippen LogP contribution in [0.3, 0.4) is 0 Å². The molecule has 2 amide bonds. The standard InChI is InChI=1S/C24H20N4O4S2/c1-31-19-6-4-5-17(13-19)26-22(29)14-32-18-11-9-16(10-12-18)23(30)27-20-7-2-3-8-21(20)34-24-28-25-15-33-24/h2-13,15H,14H2,1H3,(H,26,29)(H,27,30). The predicted molar refractivity (Wildman–Crippen MR) is 132 cm³/mol. The Labute approximate surface area is 204 Å². The SMILES string of the molecule is COc1cccc(NC(=O)COc2ccc(C(=O)Nc3ccccc3Sc3nncs3)cc2)c1. The minimum atomic E-state index is -0.306. The van der Waals surface area contributed by atoms with E-state index in [0.29, 0.717) is 28.4 Å². The molecule has 4 rings (SSSR count). The second kappa shape index (κ2) is 11.3. The summed E-state index contributed by atoms with van der Waals surface area (Å²) in [4.78, 5) is 25.8. The topological polar surface area (TPSA) is 102 Å². The largest absolute Gasteiger partial charge is 0.497 e. The number of carbonyl (C=O) groups excluding carboxylic acids is 2. The van der Waals surface area contributed by atoms with Crippen molar-refractivity contribution in [2.24, 2.45) is 0 Å². The van der Waals surface area contributed by atoms with Gasteiger partial charge in [-0.3, -0.25) is 9.59 Å². The molecule has 0 saturated heterocycles. The molecule has 0 aliphatic heterocycles. The Morgan fingerprint density at radius 2 is 1.79 bits per heavy atom. The first kappa shape index (κ1) is 23.3. The minimum Gasteiger partial charge on any atom is -0.497 e. The molecule has 1 heterocycles. The molecule has 0 unspecified atom stereocenters. The number of ether oxygens (including phenoxy) is 2. The average molecular weight is 493 g/mol. The van der Waals surface area contributed by atoms with E-state index in [1.807, 2.05) is 24.3 Å². The molecule has 0 radical (unpaired) electrons. The number of nitrogens with one attached hydrogen (secondary N) is 2. The van der Waals surface area contributed by atoms with Crippen molar-refractivity contribution in [3.8, 4) is 11.5 Å². The van der Waals surface area contributed by atoms with Gasteiger partial charge in [0.05, 0.1) is 12.8 Å². The number of hydrogen-bond acceptors (Lipinski definition) is 8. The number of carbonyl (C=O) groups is 2. The minimum absolute atomic E-state index is 0.168. The second-order valence-electron chi connectivity index (χ2n) is 6.85. The zero-order valence-electron chi connectivity index (χ0n) is 18.1. The Balaban J connectivity index is 1.32. The van der Waals surface area contributed by atoms with Crippen LogP contribution in [0.2, 0.25) is 0 Å². The van der Waals surface area contributed by atoms with E-state index in [1.54, 1.807) is 61.2 Å². The predicted octanol–water partition coefficient (Wildman–Crippen LogP) is 4.97. The third-order valence-electron chi connectivity index (χ3n) is 4.51. The number of methoxy groups -OCH3 is 1. The molecule has 0 aliphatic carbocycles. The van der Waals surface area contributed by atoms with Crippen molar-refractivity contribution >= 4 is 46.3 Å². The van der Waals surface area contributed by atoms with Gasteiger partial charge in [-0.15, -0.1) is 10.2 Å². The maximum Gasteiger partial charge on any atom is 0.262 e. The van der Waals surface area contributed by atoms with E-state index >= 15 is 0 Å². The summed E-state index contributed by atoms with van der Waals surface area (Å²) >= 11 is 2.87. The number of nitrogens with zero attached hydrogens (tertiary/aromatic N) is 2. The van der Waals surface area contributed by atoms with E-state index in [1.165, 1.54) is 23.1 Å². The Kier molecular flexibility index (Phi) is 7.74. The first-order valence-electron chi connectivity index (χ1n) is 10.1. The summed E-state index contributed by atoms with van der Waals surface area (Å²) in [5.74, 6) is 0.561. The Hall–Kier alpha value is -3.89. The molecule has 0 atom stereocenters. The number of aromatic nitrogens is 2. The fourth-order valence-corrected chi connectivity index (χ4v) is 4.43. The third-order valence-corrected chi connectivity index (χ3v) is 6.37. The zero-order chi connectivity index (χ0) is 23.8. The highest BCUT2D eigenvalue weighted by Crippen LogP contribution is 2.34. The van der Waals surface area contributed by atoms with Gasteiger partial charge in [0.1, 0.15) is 17.0 Å². The van der Waals surface area contributed by atoms with Crippen LogP contribution in [0, 0.1) is 0 Å². The van der Waals surface area contributed by atoms with Gasteiger partial charge in [0.15, 0.2) is 10.9 Å². The highest BCUT2D eigenvalue weighted by Gasteiger charge is 2.12. The van der Waals surface area contributed by atoms with E-state index in [4.69, 9.17) is 9.47 Å². The molecule has 0 bridgehead atoms. The van der Waals surface area contributed by atoms with Gasteiger partial charge < -0.3 is 20.1 Å². The Bertz CT molecular complexity index is 1260. The van der Waals surface area contributed by atoms with Crippen molar-refractivity contribution < 1.29 is 19.1 Å². The monoisotopic (exact) mass is 492 g/mol. The fraction of sp³-hybridized carbons (Fsp3) is 0.0833. The Morgan fingerprint density at radius 3 is 2.56 bits per heavy atom. The molecular formula is C24H20N4O4S2. The van der Waals surface area contributed by atoms with Crippen molar-refractivity contribution in [3.05, 3.63) is 83.9 Å². The second-order valence-corrected chi connectivity index (χ2v) is 8.97. The van der Waals surface area contributed by atoms with Gasteiger partial charge in [-0.2, -0.15) is 0 Å². The summed E-state index contributed by atoms with van der Waals surface area (Å²) in [5.41, 5.74) is 3.42. The quantitative estimate of drug-likeness (QED) is 0.340. The highest BCUT2D eigenvalue weighted by atomic mass is 32.2. The number of amides is 2. The summed E-state index contributed by atoms with van der Waals surface area (Å²) in [5, 5.41) is 13.5. The lowest BCUT2D eigenvalue weighted by atomic mass is 10.2. The fourth-order valence-electron chi connectivity index (χ4n) is 2.90. The molecular weight excluding hydrogens is 472 g/mol.